The van der Waals surface area contributed by atoms with Gasteiger partial charge in [0.05, 0.1) is 13.2 Å². The lowest BCUT2D eigenvalue weighted by Gasteiger charge is -2.17. The van der Waals surface area contributed by atoms with Gasteiger partial charge in [-0.1, -0.05) is 18.2 Å². The molecule has 2 aromatic carbocycles. The number of rotatable bonds is 5. The van der Waals surface area contributed by atoms with Gasteiger partial charge in [0.15, 0.2) is 0 Å². The number of methoxy groups -OCH3 is 1. The molecule has 2 aromatic rings. The third-order valence-corrected chi connectivity index (χ3v) is 4.17. The topological polar surface area (TPSA) is 58.6 Å². The number of hydrogen-bond donors (Lipinski definition) is 1. The fourth-order valence-corrected chi connectivity index (χ4v) is 2.86. The normalized spacial score (nSPS) is 16.8. The maximum absolute atomic E-state index is 13.0. The minimum absolute atomic E-state index is 0.0275. The Balaban J connectivity index is 1.60. The van der Waals surface area contributed by atoms with Crippen molar-refractivity contribution in [2.75, 3.05) is 13.7 Å². The van der Waals surface area contributed by atoms with E-state index in [1.54, 1.807) is 48.4 Å². The van der Waals surface area contributed by atoms with Gasteiger partial charge in [0, 0.05) is 25.1 Å². The molecule has 1 heterocycles. The van der Waals surface area contributed by atoms with E-state index in [-0.39, 0.29) is 30.1 Å². The van der Waals surface area contributed by atoms with Gasteiger partial charge in [-0.25, -0.2) is 4.39 Å². The number of halogens is 1. The van der Waals surface area contributed by atoms with Crippen molar-refractivity contribution in [3.05, 3.63) is 65.5 Å². The van der Waals surface area contributed by atoms with Gasteiger partial charge in [-0.15, -0.1) is 0 Å². The summed E-state index contributed by atoms with van der Waals surface area (Å²) in [6.07, 6.45) is 0.261. The van der Waals surface area contributed by atoms with E-state index in [1.165, 1.54) is 12.1 Å². The second-order valence-corrected chi connectivity index (χ2v) is 6.01. The van der Waals surface area contributed by atoms with E-state index >= 15 is 0 Å². The van der Waals surface area contributed by atoms with E-state index in [2.05, 4.69) is 5.32 Å². The summed E-state index contributed by atoms with van der Waals surface area (Å²) in [5.74, 6) is 0.0358. The fourth-order valence-electron chi connectivity index (χ4n) is 2.86. The summed E-state index contributed by atoms with van der Waals surface area (Å²) in [4.78, 5) is 26.2. The molecule has 25 heavy (non-hydrogen) atoms. The molecule has 1 saturated heterocycles. The van der Waals surface area contributed by atoms with Crippen molar-refractivity contribution in [2.45, 2.75) is 19.0 Å². The predicted octanol–water partition coefficient (Wildman–Crippen LogP) is 2.37. The van der Waals surface area contributed by atoms with Crippen LogP contribution in [0.2, 0.25) is 0 Å². The number of ether oxygens (including phenoxy) is 1. The Labute approximate surface area is 145 Å². The van der Waals surface area contributed by atoms with Crippen molar-refractivity contribution in [1.82, 2.24) is 10.2 Å². The van der Waals surface area contributed by atoms with Gasteiger partial charge in [-0.2, -0.15) is 0 Å². The van der Waals surface area contributed by atoms with E-state index < -0.39 is 0 Å². The molecule has 1 unspecified atom stereocenters. The Morgan fingerprint density at radius 3 is 2.76 bits per heavy atom. The molecule has 1 aliphatic rings. The molecule has 1 fully saturated rings. The van der Waals surface area contributed by atoms with Crippen LogP contribution in [-0.4, -0.2) is 36.4 Å². The Hall–Kier alpha value is -2.89. The monoisotopic (exact) mass is 342 g/mol. The molecule has 3 rings (SSSR count). The second kappa shape index (κ2) is 7.34. The highest BCUT2D eigenvalue weighted by molar-refractivity contribution is 5.95. The molecule has 0 aromatic heterocycles. The molecule has 1 aliphatic heterocycles. The van der Waals surface area contributed by atoms with Crippen LogP contribution in [-0.2, 0) is 11.3 Å². The van der Waals surface area contributed by atoms with Crippen LogP contribution in [0, 0.1) is 5.82 Å². The second-order valence-electron chi connectivity index (χ2n) is 6.01. The van der Waals surface area contributed by atoms with Crippen LogP contribution in [0.15, 0.2) is 48.5 Å². The van der Waals surface area contributed by atoms with E-state index in [0.717, 1.165) is 5.56 Å². The van der Waals surface area contributed by atoms with Crippen molar-refractivity contribution < 1.29 is 18.7 Å². The van der Waals surface area contributed by atoms with Gasteiger partial charge in [0.25, 0.3) is 5.91 Å². The fraction of sp³-hybridized carbons (Fsp3) is 0.263. The quantitative estimate of drug-likeness (QED) is 0.907. The summed E-state index contributed by atoms with van der Waals surface area (Å²) in [6, 6.07) is 12.7. The minimum Gasteiger partial charge on any atom is -0.497 e. The maximum atomic E-state index is 13.0. The first-order chi connectivity index (χ1) is 12.0. The molecule has 0 bridgehead atoms. The van der Waals surface area contributed by atoms with Crippen molar-refractivity contribution in [3.8, 4) is 5.75 Å². The number of likely N-dealkylation sites (tertiary alicyclic amines) is 1. The third kappa shape index (κ3) is 4.15. The van der Waals surface area contributed by atoms with Crippen LogP contribution in [0.5, 0.6) is 5.75 Å². The molecular formula is C19H19FN2O3. The summed E-state index contributed by atoms with van der Waals surface area (Å²) in [7, 11) is 1.54. The Morgan fingerprint density at radius 1 is 1.28 bits per heavy atom. The molecule has 0 aliphatic carbocycles. The van der Waals surface area contributed by atoms with Crippen molar-refractivity contribution >= 4 is 11.8 Å². The van der Waals surface area contributed by atoms with Gasteiger partial charge in [-0.05, 0) is 35.9 Å². The van der Waals surface area contributed by atoms with E-state index in [4.69, 9.17) is 4.74 Å². The van der Waals surface area contributed by atoms with Crippen LogP contribution >= 0.6 is 0 Å². The summed E-state index contributed by atoms with van der Waals surface area (Å²) in [5, 5.41) is 2.88. The van der Waals surface area contributed by atoms with Crippen molar-refractivity contribution in [3.63, 3.8) is 0 Å². The highest BCUT2D eigenvalue weighted by Crippen LogP contribution is 2.17. The van der Waals surface area contributed by atoms with Gasteiger partial charge >= 0.3 is 0 Å². The first-order valence-electron chi connectivity index (χ1n) is 8.02. The molecule has 0 radical (unpaired) electrons. The van der Waals surface area contributed by atoms with Crippen LogP contribution in [0.4, 0.5) is 4.39 Å². The number of carbonyl (C=O) groups is 2. The zero-order valence-electron chi connectivity index (χ0n) is 13.9. The predicted molar refractivity (Wildman–Crippen MR) is 90.7 cm³/mol. The molecule has 1 N–H and O–H groups in total. The Kier molecular flexibility index (Phi) is 4.97. The average molecular weight is 342 g/mol. The number of benzene rings is 2. The Bertz CT molecular complexity index is 776. The largest absolute Gasteiger partial charge is 0.497 e. The van der Waals surface area contributed by atoms with Gasteiger partial charge in [0.1, 0.15) is 11.6 Å². The number of hydrogen-bond acceptors (Lipinski definition) is 3. The highest BCUT2D eigenvalue weighted by atomic mass is 19.1. The molecule has 130 valence electrons. The van der Waals surface area contributed by atoms with Crippen molar-refractivity contribution in [1.29, 1.82) is 0 Å². The minimum atomic E-state index is -0.306. The smallest absolute Gasteiger partial charge is 0.251 e. The molecular weight excluding hydrogens is 323 g/mol. The number of nitrogens with zero attached hydrogens (tertiary/aromatic N) is 1. The summed E-state index contributed by atoms with van der Waals surface area (Å²) < 4.78 is 18.1. The lowest BCUT2D eigenvalue weighted by atomic mass is 10.1. The van der Waals surface area contributed by atoms with Crippen LogP contribution in [0.3, 0.4) is 0 Å². The standard InChI is InChI=1S/C19H19FN2O3/c1-25-17-4-2-3-14(9-17)19(24)21-16-10-18(23)22(12-16)11-13-5-7-15(20)8-6-13/h2-9,16H,10-12H2,1H3,(H,21,24). The summed E-state index contributed by atoms with van der Waals surface area (Å²) >= 11 is 0. The van der Waals surface area contributed by atoms with E-state index in [0.29, 0.717) is 24.4 Å². The Morgan fingerprint density at radius 2 is 2.04 bits per heavy atom. The molecule has 5 nitrogen and oxygen atoms in total. The number of carbonyl (C=O) groups excluding carboxylic acids is 2. The summed E-state index contributed by atoms with van der Waals surface area (Å²) in [5.41, 5.74) is 1.35. The lowest BCUT2D eigenvalue weighted by molar-refractivity contribution is -0.128. The molecule has 0 saturated carbocycles. The molecule has 6 heteroatoms. The zero-order chi connectivity index (χ0) is 17.8. The van der Waals surface area contributed by atoms with Crippen LogP contribution in [0.1, 0.15) is 22.3 Å². The first kappa shape index (κ1) is 17.0. The first-order valence-corrected chi connectivity index (χ1v) is 8.02. The van der Waals surface area contributed by atoms with Gasteiger partial charge in [0.2, 0.25) is 5.91 Å². The lowest BCUT2D eigenvalue weighted by Crippen LogP contribution is -2.37. The highest BCUT2D eigenvalue weighted by Gasteiger charge is 2.30. The number of amides is 2. The third-order valence-electron chi connectivity index (χ3n) is 4.17. The SMILES string of the molecule is COc1cccc(C(=O)NC2CC(=O)N(Cc3ccc(F)cc3)C2)c1. The van der Waals surface area contributed by atoms with Crippen LogP contribution < -0.4 is 10.1 Å². The van der Waals surface area contributed by atoms with Crippen LogP contribution in [0.25, 0.3) is 0 Å². The van der Waals surface area contributed by atoms with Crippen molar-refractivity contribution in [2.24, 2.45) is 0 Å². The van der Waals surface area contributed by atoms with Gasteiger partial charge < -0.3 is 15.0 Å². The molecule has 2 amide bonds. The van der Waals surface area contributed by atoms with E-state index in [1.807, 2.05) is 0 Å². The molecule has 0 spiro atoms. The van der Waals surface area contributed by atoms with Gasteiger partial charge in [-0.3, -0.25) is 9.59 Å². The zero-order valence-corrected chi connectivity index (χ0v) is 13.9. The summed E-state index contributed by atoms with van der Waals surface area (Å²) in [6.45, 7) is 0.844. The molecule has 1 atom stereocenters. The maximum Gasteiger partial charge on any atom is 0.251 e. The average Bonchev–Trinajstić information content (AvgIpc) is 2.96. The van der Waals surface area contributed by atoms with E-state index in [9.17, 15) is 14.0 Å². The number of nitrogens with one attached hydrogen (secondary N) is 1.